The van der Waals surface area contributed by atoms with Crippen molar-refractivity contribution in [3.63, 3.8) is 0 Å². The molecule has 0 fully saturated rings. The highest BCUT2D eigenvalue weighted by atomic mass is 16.3. The smallest absolute Gasteiger partial charge is 0.220 e. The zero-order chi connectivity index (χ0) is 28.7. The largest absolute Gasteiger partial charge is 0.394 e. The third-order valence-electron chi connectivity index (χ3n) is 7.68. The summed E-state index contributed by atoms with van der Waals surface area (Å²) in [6, 6.07) is -0.617. The number of hydrogen-bond acceptors (Lipinski definition) is 3. The van der Waals surface area contributed by atoms with Crippen LogP contribution in [-0.2, 0) is 4.79 Å². The summed E-state index contributed by atoms with van der Waals surface area (Å²) in [4.78, 5) is 12.2. The molecule has 0 radical (unpaired) electrons. The summed E-state index contributed by atoms with van der Waals surface area (Å²) in [5.74, 6) is -0.0709. The van der Waals surface area contributed by atoms with Gasteiger partial charge in [-0.05, 0) is 44.9 Å². The van der Waals surface area contributed by atoms with Gasteiger partial charge < -0.3 is 15.5 Å². The van der Waals surface area contributed by atoms with Gasteiger partial charge in [0.15, 0.2) is 0 Å². The minimum absolute atomic E-state index is 0.0709. The summed E-state index contributed by atoms with van der Waals surface area (Å²) >= 11 is 0. The third-order valence-corrected chi connectivity index (χ3v) is 7.68. The van der Waals surface area contributed by atoms with Crippen molar-refractivity contribution >= 4 is 5.91 Å². The van der Waals surface area contributed by atoms with E-state index in [1.807, 2.05) is 6.08 Å². The van der Waals surface area contributed by atoms with Crippen molar-refractivity contribution in [1.29, 1.82) is 0 Å². The van der Waals surface area contributed by atoms with Crippen molar-refractivity contribution < 1.29 is 15.0 Å². The Morgan fingerprint density at radius 2 is 0.974 bits per heavy atom. The van der Waals surface area contributed by atoms with E-state index in [1.165, 1.54) is 128 Å². The SMILES string of the molecule is CCCCCCCC/C=C\CCCCCCCCCCCC(=O)NC(CO)C(O)/C=C/CCCCCCCC. The Morgan fingerprint density at radius 1 is 0.590 bits per heavy atom. The molecule has 0 aliphatic carbocycles. The molecule has 0 rings (SSSR count). The fourth-order valence-electron chi connectivity index (χ4n) is 4.99. The molecule has 0 aromatic rings. The van der Waals surface area contributed by atoms with E-state index in [4.69, 9.17) is 0 Å². The average Bonchev–Trinajstić information content (AvgIpc) is 2.94. The molecule has 0 saturated heterocycles. The van der Waals surface area contributed by atoms with Gasteiger partial charge in [0.25, 0.3) is 0 Å². The zero-order valence-corrected chi connectivity index (χ0v) is 26.2. The maximum absolute atomic E-state index is 12.2. The highest BCUT2D eigenvalue weighted by molar-refractivity contribution is 5.76. The van der Waals surface area contributed by atoms with Gasteiger partial charge in [-0.3, -0.25) is 4.79 Å². The number of carbonyl (C=O) groups excluding carboxylic acids is 1. The van der Waals surface area contributed by atoms with Gasteiger partial charge in [0.1, 0.15) is 0 Å². The van der Waals surface area contributed by atoms with Crippen molar-refractivity contribution in [2.75, 3.05) is 6.61 Å². The van der Waals surface area contributed by atoms with E-state index in [2.05, 4.69) is 31.3 Å². The lowest BCUT2D eigenvalue weighted by atomic mass is 10.0. The Morgan fingerprint density at radius 3 is 1.41 bits per heavy atom. The first kappa shape index (κ1) is 37.9. The van der Waals surface area contributed by atoms with E-state index >= 15 is 0 Å². The Kier molecular flexibility index (Phi) is 30.5. The molecule has 3 N–H and O–H groups in total. The number of unbranched alkanes of at least 4 members (excludes halogenated alkanes) is 21. The summed E-state index contributed by atoms with van der Waals surface area (Å²) < 4.78 is 0. The number of rotatable bonds is 30. The Balaban J connectivity index is 3.57. The molecule has 2 atom stereocenters. The predicted molar refractivity (Wildman–Crippen MR) is 170 cm³/mol. The van der Waals surface area contributed by atoms with Crippen LogP contribution in [0.1, 0.15) is 174 Å². The van der Waals surface area contributed by atoms with Crippen LogP contribution in [0.15, 0.2) is 24.3 Å². The molecular weight excluding hydrogens is 482 g/mol. The van der Waals surface area contributed by atoms with Gasteiger partial charge in [0.05, 0.1) is 18.8 Å². The van der Waals surface area contributed by atoms with Crippen LogP contribution in [0.4, 0.5) is 0 Å². The standard InChI is InChI=1S/C35H67NO3/c1-3-5-7-9-11-13-14-15-16-17-18-19-20-21-22-23-25-27-29-31-35(39)36-33(32-37)34(38)30-28-26-24-12-10-8-6-4-2/h15-16,28,30,33-34,37-38H,3-14,17-27,29,31-32H2,1-2H3,(H,36,39)/b16-15-,30-28+. The Bertz CT molecular complexity index is 560. The van der Waals surface area contributed by atoms with Gasteiger partial charge in [0.2, 0.25) is 5.91 Å². The molecule has 230 valence electrons. The molecular formula is C35H67NO3. The van der Waals surface area contributed by atoms with Crippen LogP contribution in [0.2, 0.25) is 0 Å². The van der Waals surface area contributed by atoms with Crippen LogP contribution in [0.5, 0.6) is 0 Å². The number of hydrogen-bond donors (Lipinski definition) is 3. The number of aliphatic hydroxyl groups is 2. The minimum Gasteiger partial charge on any atom is -0.394 e. The first-order valence-electron chi connectivity index (χ1n) is 17.1. The Labute approximate surface area is 243 Å². The average molecular weight is 550 g/mol. The van der Waals surface area contributed by atoms with Crippen LogP contribution in [0.25, 0.3) is 0 Å². The van der Waals surface area contributed by atoms with E-state index in [9.17, 15) is 15.0 Å². The lowest BCUT2D eigenvalue weighted by molar-refractivity contribution is -0.123. The van der Waals surface area contributed by atoms with Crippen LogP contribution in [0.3, 0.4) is 0 Å². The molecule has 0 bridgehead atoms. The van der Waals surface area contributed by atoms with E-state index in [0.717, 1.165) is 25.7 Å². The van der Waals surface area contributed by atoms with E-state index < -0.39 is 12.1 Å². The summed E-state index contributed by atoms with van der Waals surface area (Å²) in [6.45, 7) is 4.25. The molecule has 2 unspecified atom stereocenters. The normalized spacial score (nSPS) is 13.4. The van der Waals surface area contributed by atoms with Gasteiger partial charge in [-0.15, -0.1) is 0 Å². The van der Waals surface area contributed by atoms with E-state index in [1.54, 1.807) is 6.08 Å². The number of amides is 1. The topological polar surface area (TPSA) is 69.6 Å². The van der Waals surface area contributed by atoms with Gasteiger partial charge in [-0.2, -0.15) is 0 Å². The van der Waals surface area contributed by atoms with Crippen LogP contribution in [0, 0.1) is 0 Å². The first-order valence-corrected chi connectivity index (χ1v) is 17.1. The van der Waals surface area contributed by atoms with E-state index in [0.29, 0.717) is 6.42 Å². The predicted octanol–water partition coefficient (Wildman–Crippen LogP) is 9.73. The molecule has 0 aliphatic rings. The van der Waals surface area contributed by atoms with Crippen molar-refractivity contribution in [2.45, 2.75) is 187 Å². The summed E-state index contributed by atoms with van der Waals surface area (Å²) in [7, 11) is 0. The second-order valence-electron chi connectivity index (χ2n) is 11.6. The molecule has 0 aromatic heterocycles. The first-order chi connectivity index (χ1) is 19.2. The minimum atomic E-state index is -0.833. The van der Waals surface area contributed by atoms with Crippen molar-refractivity contribution in [1.82, 2.24) is 5.32 Å². The van der Waals surface area contributed by atoms with Crippen molar-refractivity contribution in [3.8, 4) is 0 Å². The summed E-state index contributed by atoms with van der Waals surface area (Å²) in [6.07, 6.45) is 38.3. The van der Waals surface area contributed by atoms with Gasteiger partial charge in [-0.25, -0.2) is 0 Å². The molecule has 39 heavy (non-hydrogen) atoms. The molecule has 0 saturated carbocycles. The lowest BCUT2D eigenvalue weighted by Gasteiger charge is -2.20. The van der Waals surface area contributed by atoms with Crippen molar-refractivity contribution in [3.05, 3.63) is 24.3 Å². The number of allylic oxidation sites excluding steroid dienone is 3. The van der Waals surface area contributed by atoms with Gasteiger partial charge >= 0.3 is 0 Å². The van der Waals surface area contributed by atoms with Gasteiger partial charge in [0, 0.05) is 6.42 Å². The van der Waals surface area contributed by atoms with Crippen LogP contribution >= 0.6 is 0 Å². The summed E-state index contributed by atoms with van der Waals surface area (Å²) in [5.41, 5.74) is 0. The quantitative estimate of drug-likeness (QED) is 0.0617. The van der Waals surface area contributed by atoms with E-state index in [-0.39, 0.29) is 12.5 Å². The molecule has 0 aromatic carbocycles. The maximum Gasteiger partial charge on any atom is 0.220 e. The lowest BCUT2D eigenvalue weighted by Crippen LogP contribution is -2.45. The monoisotopic (exact) mass is 550 g/mol. The second-order valence-corrected chi connectivity index (χ2v) is 11.6. The maximum atomic E-state index is 12.2. The number of aliphatic hydroxyl groups excluding tert-OH is 2. The highest BCUT2D eigenvalue weighted by Crippen LogP contribution is 2.13. The Hall–Kier alpha value is -1.13. The van der Waals surface area contributed by atoms with Crippen LogP contribution < -0.4 is 5.32 Å². The second kappa shape index (κ2) is 31.4. The fraction of sp³-hybridized carbons (Fsp3) is 0.857. The molecule has 4 nitrogen and oxygen atoms in total. The molecule has 0 heterocycles. The molecule has 4 heteroatoms. The van der Waals surface area contributed by atoms with Crippen molar-refractivity contribution in [2.24, 2.45) is 0 Å². The molecule has 0 spiro atoms. The number of carbonyl (C=O) groups is 1. The zero-order valence-electron chi connectivity index (χ0n) is 26.2. The van der Waals surface area contributed by atoms with Crippen LogP contribution in [-0.4, -0.2) is 34.9 Å². The van der Waals surface area contributed by atoms with Gasteiger partial charge in [-0.1, -0.05) is 147 Å². The number of nitrogens with one attached hydrogen (secondary N) is 1. The highest BCUT2D eigenvalue weighted by Gasteiger charge is 2.17. The fourth-order valence-corrected chi connectivity index (χ4v) is 4.99. The molecule has 0 aliphatic heterocycles. The third kappa shape index (κ3) is 28.2. The molecule has 1 amide bonds. The summed E-state index contributed by atoms with van der Waals surface area (Å²) in [5, 5.41) is 22.7.